The Bertz CT molecular complexity index is 408. The molecule has 2 atom stereocenters. The molecule has 0 aromatic heterocycles. The van der Waals surface area contributed by atoms with Crippen molar-refractivity contribution < 1.29 is 9.90 Å². The summed E-state index contributed by atoms with van der Waals surface area (Å²) >= 11 is 0. The zero-order valence-corrected chi connectivity index (χ0v) is 12.0. The van der Waals surface area contributed by atoms with E-state index in [-0.39, 0.29) is 0 Å². The van der Waals surface area contributed by atoms with Crippen molar-refractivity contribution in [1.29, 1.82) is 0 Å². The molecular formula is C15H24N2O2. The predicted molar refractivity (Wildman–Crippen MR) is 76.9 cm³/mol. The third-order valence-electron chi connectivity index (χ3n) is 3.51. The molecule has 0 aliphatic carbocycles. The number of nitrogens with two attached hydrogens (primary N) is 1. The zero-order valence-electron chi connectivity index (χ0n) is 12.0. The lowest BCUT2D eigenvalue weighted by molar-refractivity contribution is -0.144. The summed E-state index contributed by atoms with van der Waals surface area (Å²) in [4.78, 5) is 13.6. The Morgan fingerprint density at radius 3 is 2.47 bits per heavy atom. The van der Waals surface area contributed by atoms with Crippen molar-refractivity contribution in [1.82, 2.24) is 4.90 Å². The standard InChI is InChI=1S/C15H24N2O2/c1-4-12(2)10-17(3)11-15(16,14(18)19)13-8-6-5-7-9-13/h5-9,12H,4,10-11,16H2,1-3H3,(H,18,19). The van der Waals surface area contributed by atoms with Crippen LogP contribution in [0, 0.1) is 5.92 Å². The number of aliphatic carboxylic acids is 1. The molecule has 0 aliphatic heterocycles. The minimum atomic E-state index is -1.36. The molecule has 1 aromatic rings. The van der Waals surface area contributed by atoms with Gasteiger partial charge in [0, 0.05) is 13.1 Å². The monoisotopic (exact) mass is 264 g/mol. The Labute approximate surface area is 115 Å². The summed E-state index contributed by atoms with van der Waals surface area (Å²) < 4.78 is 0. The summed E-state index contributed by atoms with van der Waals surface area (Å²) in [6, 6.07) is 9.02. The van der Waals surface area contributed by atoms with E-state index in [0.717, 1.165) is 13.0 Å². The molecular weight excluding hydrogens is 240 g/mol. The molecule has 0 heterocycles. The number of nitrogens with zero attached hydrogens (tertiary/aromatic N) is 1. The van der Waals surface area contributed by atoms with E-state index in [1.807, 2.05) is 30.1 Å². The summed E-state index contributed by atoms with van der Waals surface area (Å²) in [7, 11) is 1.92. The van der Waals surface area contributed by atoms with Crippen LogP contribution in [-0.4, -0.2) is 36.1 Å². The minimum absolute atomic E-state index is 0.302. The van der Waals surface area contributed by atoms with Gasteiger partial charge in [-0.2, -0.15) is 0 Å². The van der Waals surface area contributed by atoms with E-state index in [0.29, 0.717) is 18.0 Å². The maximum atomic E-state index is 11.6. The molecule has 1 aromatic carbocycles. The largest absolute Gasteiger partial charge is 0.480 e. The van der Waals surface area contributed by atoms with Gasteiger partial charge in [0.15, 0.2) is 5.54 Å². The first-order valence-corrected chi connectivity index (χ1v) is 6.66. The molecule has 0 saturated heterocycles. The number of benzene rings is 1. The smallest absolute Gasteiger partial charge is 0.329 e. The van der Waals surface area contributed by atoms with Crippen molar-refractivity contribution in [3.05, 3.63) is 35.9 Å². The quantitative estimate of drug-likeness (QED) is 0.789. The third kappa shape index (κ3) is 4.04. The fourth-order valence-corrected chi connectivity index (χ4v) is 2.17. The van der Waals surface area contributed by atoms with Crippen molar-refractivity contribution in [3.63, 3.8) is 0 Å². The Morgan fingerprint density at radius 2 is 2.00 bits per heavy atom. The van der Waals surface area contributed by atoms with Gasteiger partial charge in [0.25, 0.3) is 0 Å². The van der Waals surface area contributed by atoms with Gasteiger partial charge in [0.1, 0.15) is 0 Å². The van der Waals surface area contributed by atoms with E-state index in [1.54, 1.807) is 12.1 Å². The predicted octanol–water partition coefficient (Wildman–Crippen LogP) is 1.90. The van der Waals surface area contributed by atoms with Crippen LogP contribution in [0.5, 0.6) is 0 Å². The molecule has 0 saturated carbocycles. The Kier molecular flexibility index (Phi) is 5.51. The van der Waals surface area contributed by atoms with Gasteiger partial charge in [-0.15, -0.1) is 0 Å². The van der Waals surface area contributed by atoms with Crippen molar-refractivity contribution in [2.45, 2.75) is 25.8 Å². The van der Waals surface area contributed by atoms with E-state index in [1.165, 1.54) is 0 Å². The van der Waals surface area contributed by atoms with Crippen LogP contribution in [0.2, 0.25) is 0 Å². The van der Waals surface area contributed by atoms with Gasteiger partial charge in [-0.3, -0.25) is 0 Å². The second kappa shape index (κ2) is 6.68. The van der Waals surface area contributed by atoms with Crippen LogP contribution in [0.3, 0.4) is 0 Å². The van der Waals surface area contributed by atoms with Crippen molar-refractivity contribution in [2.24, 2.45) is 11.7 Å². The Balaban J connectivity index is 2.87. The average Bonchev–Trinajstić information content (AvgIpc) is 2.39. The first kappa shape index (κ1) is 15.7. The van der Waals surface area contributed by atoms with E-state index in [9.17, 15) is 9.90 Å². The van der Waals surface area contributed by atoms with Gasteiger partial charge in [0.2, 0.25) is 0 Å². The number of carboxylic acid groups (broad SMARTS) is 1. The molecule has 106 valence electrons. The molecule has 1 rings (SSSR count). The second-order valence-electron chi connectivity index (χ2n) is 5.35. The summed E-state index contributed by atoms with van der Waals surface area (Å²) in [6.07, 6.45) is 1.07. The van der Waals surface area contributed by atoms with E-state index >= 15 is 0 Å². The van der Waals surface area contributed by atoms with Gasteiger partial charge < -0.3 is 15.7 Å². The number of likely N-dealkylation sites (N-methyl/N-ethyl adjacent to an activating group) is 1. The molecule has 0 aliphatic rings. The molecule has 0 spiro atoms. The van der Waals surface area contributed by atoms with E-state index < -0.39 is 11.5 Å². The van der Waals surface area contributed by atoms with Crippen LogP contribution in [0.15, 0.2) is 30.3 Å². The lowest BCUT2D eigenvalue weighted by atomic mass is 9.90. The average molecular weight is 264 g/mol. The Morgan fingerprint density at radius 1 is 1.42 bits per heavy atom. The fraction of sp³-hybridized carbons (Fsp3) is 0.533. The van der Waals surface area contributed by atoms with Gasteiger partial charge in [0.05, 0.1) is 0 Å². The van der Waals surface area contributed by atoms with Crippen LogP contribution in [0.25, 0.3) is 0 Å². The van der Waals surface area contributed by atoms with Crippen LogP contribution >= 0.6 is 0 Å². The lowest BCUT2D eigenvalue weighted by Crippen LogP contribution is -2.53. The lowest BCUT2D eigenvalue weighted by Gasteiger charge is -2.31. The highest BCUT2D eigenvalue weighted by Crippen LogP contribution is 2.20. The number of carbonyl (C=O) groups is 1. The zero-order chi connectivity index (χ0) is 14.5. The third-order valence-corrected chi connectivity index (χ3v) is 3.51. The molecule has 19 heavy (non-hydrogen) atoms. The molecule has 4 nitrogen and oxygen atoms in total. The highest BCUT2D eigenvalue weighted by Gasteiger charge is 2.37. The van der Waals surface area contributed by atoms with Crippen LogP contribution in [-0.2, 0) is 10.3 Å². The molecule has 2 unspecified atom stereocenters. The van der Waals surface area contributed by atoms with Gasteiger partial charge in [-0.25, -0.2) is 4.79 Å². The van der Waals surface area contributed by atoms with Crippen LogP contribution < -0.4 is 5.73 Å². The molecule has 4 heteroatoms. The molecule has 0 bridgehead atoms. The number of carboxylic acids is 1. The highest BCUT2D eigenvalue weighted by atomic mass is 16.4. The summed E-state index contributed by atoms with van der Waals surface area (Å²) in [5.74, 6) is -0.464. The normalized spacial score (nSPS) is 16.1. The molecule has 0 fully saturated rings. The van der Waals surface area contributed by atoms with Crippen molar-refractivity contribution >= 4 is 5.97 Å². The summed E-state index contributed by atoms with van der Waals surface area (Å²) in [5.41, 5.74) is 5.42. The number of rotatable bonds is 7. The SMILES string of the molecule is CCC(C)CN(C)CC(N)(C(=O)O)c1ccccc1. The van der Waals surface area contributed by atoms with Crippen LogP contribution in [0.4, 0.5) is 0 Å². The summed E-state index contributed by atoms with van der Waals surface area (Å²) in [5, 5.41) is 9.47. The number of hydrogen-bond acceptors (Lipinski definition) is 3. The maximum Gasteiger partial charge on any atom is 0.329 e. The fourth-order valence-electron chi connectivity index (χ4n) is 2.17. The van der Waals surface area contributed by atoms with Crippen molar-refractivity contribution in [3.8, 4) is 0 Å². The maximum absolute atomic E-state index is 11.6. The van der Waals surface area contributed by atoms with Crippen LogP contribution in [0.1, 0.15) is 25.8 Å². The number of hydrogen-bond donors (Lipinski definition) is 2. The molecule has 0 amide bonds. The van der Waals surface area contributed by atoms with Gasteiger partial charge in [-0.1, -0.05) is 50.6 Å². The summed E-state index contributed by atoms with van der Waals surface area (Å²) in [6.45, 7) is 5.42. The molecule has 3 N–H and O–H groups in total. The Hall–Kier alpha value is -1.39. The van der Waals surface area contributed by atoms with E-state index in [4.69, 9.17) is 5.73 Å². The topological polar surface area (TPSA) is 66.6 Å². The van der Waals surface area contributed by atoms with Gasteiger partial charge >= 0.3 is 5.97 Å². The first-order chi connectivity index (χ1) is 8.90. The minimum Gasteiger partial charge on any atom is -0.480 e. The second-order valence-corrected chi connectivity index (χ2v) is 5.35. The first-order valence-electron chi connectivity index (χ1n) is 6.66. The van der Waals surface area contributed by atoms with Gasteiger partial charge in [-0.05, 0) is 18.5 Å². The van der Waals surface area contributed by atoms with E-state index in [2.05, 4.69) is 13.8 Å². The highest BCUT2D eigenvalue weighted by molar-refractivity contribution is 5.80. The molecule has 0 radical (unpaired) electrons. The van der Waals surface area contributed by atoms with Crippen molar-refractivity contribution in [2.75, 3.05) is 20.1 Å².